The third-order valence-corrected chi connectivity index (χ3v) is 12.8. The zero-order chi connectivity index (χ0) is 38.6. The quantitative estimate of drug-likeness (QED) is 0.126. The number of nitrogens with one attached hydrogen (secondary N) is 1. The number of para-hydroxylation sites is 2. The van der Waals surface area contributed by atoms with Crippen LogP contribution < -0.4 is 5.32 Å². The Hall–Kier alpha value is -2.82. The van der Waals surface area contributed by atoms with Crippen LogP contribution in [-0.4, -0.2) is 46.4 Å². The summed E-state index contributed by atoms with van der Waals surface area (Å²) in [4.78, 5) is 17.7. The maximum absolute atomic E-state index is 6.08. The summed E-state index contributed by atoms with van der Waals surface area (Å²) in [6, 6.07) is 15.3. The summed E-state index contributed by atoms with van der Waals surface area (Å²) < 4.78 is 0. The molecule has 0 aromatic heterocycles. The van der Waals surface area contributed by atoms with Crippen molar-refractivity contribution in [1.82, 2.24) is 9.80 Å². The normalized spacial score (nSPS) is 18.7. The molecular formula is C49H79N5. The van der Waals surface area contributed by atoms with Crippen molar-refractivity contribution in [2.24, 2.45) is 9.98 Å². The Morgan fingerprint density at radius 1 is 0.593 bits per heavy atom. The lowest BCUT2D eigenvalue weighted by Gasteiger charge is -2.48. The highest BCUT2D eigenvalue weighted by molar-refractivity contribution is 6.04. The van der Waals surface area contributed by atoms with Crippen molar-refractivity contribution >= 4 is 23.3 Å². The minimum atomic E-state index is 0.357. The van der Waals surface area contributed by atoms with Gasteiger partial charge in [0.1, 0.15) is 0 Å². The lowest BCUT2D eigenvalue weighted by Crippen LogP contribution is -2.58. The fourth-order valence-corrected chi connectivity index (χ4v) is 9.71. The van der Waals surface area contributed by atoms with Crippen LogP contribution in [0.25, 0.3) is 0 Å². The largest absolute Gasteiger partial charge is 0.339 e. The molecule has 0 aliphatic heterocycles. The second kappa shape index (κ2) is 20.9. The average Bonchev–Trinajstić information content (AvgIpc) is 3.17. The van der Waals surface area contributed by atoms with Gasteiger partial charge in [-0.05, 0) is 90.9 Å². The minimum absolute atomic E-state index is 0.357. The van der Waals surface area contributed by atoms with E-state index in [1.165, 1.54) is 149 Å². The number of rotatable bonds is 13. The number of unbranched alkanes of at least 4 members (excludes halogenated alkanes) is 2. The molecule has 54 heavy (non-hydrogen) atoms. The molecule has 5 rings (SSSR count). The first-order valence-corrected chi connectivity index (χ1v) is 22.9. The third-order valence-electron chi connectivity index (χ3n) is 12.8. The molecule has 0 unspecified atom stereocenters. The molecule has 2 aromatic carbocycles. The van der Waals surface area contributed by atoms with Gasteiger partial charge in [-0.1, -0.05) is 169 Å². The van der Waals surface area contributed by atoms with Crippen LogP contribution in [0.1, 0.15) is 224 Å². The fourth-order valence-electron chi connectivity index (χ4n) is 9.71. The van der Waals surface area contributed by atoms with Gasteiger partial charge < -0.3 is 15.1 Å². The summed E-state index contributed by atoms with van der Waals surface area (Å²) in [5, 5.41) is 4.09. The van der Waals surface area contributed by atoms with Gasteiger partial charge in [-0.3, -0.25) is 0 Å². The van der Waals surface area contributed by atoms with Crippen LogP contribution in [0.3, 0.4) is 0 Å². The van der Waals surface area contributed by atoms with Crippen LogP contribution in [0.4, 0.5) is 11.4 Å². The van der Waals surface area contributed by atoms with Gasteiger partial charge in [-0.25, -0.2) is 4.99 Å². The van der Waals surface area contributed by atoms with E-state index in [0.717, 1.165) is 18.2 Å². The van der Waals surface area contributed by atoms with Gasteiger partial charge in [0.05, 0.1) is 5.69 Å². The standard InChI is InChI=1S/C49H79N5/c1-10-11-21-34-53(39-24-15-12-16-25-39)49(54(40-26-17-13-18-27-40)41-28-19-14-20-29-41)52-48(50-46-42(35(2)3)30-22-31-43(46)36(4)5)51-47-44(37(6)7)32-23-33-45(47)38(8)9/h22-23,30-33,35-41H,10-21,24-29,34H2,1-9H3,(H,50,51)/b52-49+. The molecule has 5 heteroatoms. The summed E-state index contributed by atoms with van der Waals surface area (Å²) in [5.74, 6) is 3.47. The van der Waals surface area contributed by atoms with Gasteiger partial charge in [-0.15, -0.1) is 0 Å². The van der Waals surface area contributed by atoms with E-state index in [4.69, 9.17) is 9.98 Å². The molecule has 0 spiro atoms. The van der Waals surface area contributed by atoms with Crippen molar-refractivity contribution in [2.75, 3.05) is 11.9 Å². The smallest absolute Gasteiger partial charge is 0.231 e. The average molecular weight is 738 g/mol. The number of anilines is 1. The Labute approximate surface area is 332 Å². The number of guanidine groups is 2. The number of aliphatic imine (C=N–C) groups is 2. The Morgan fingerprint density at radius 3 is 1.44 bits per heavy atom. The second-order valence-corrected chi connectivity index (χ2v) is 18.4. The van der Waals surface area contributed by atoms with Crippen LogP contribution >= 0.6 is 0 Å². The van der Waals surface area contributed by atoms with E-state index < -0.39 is 0 Å². The molecule has 0 bridgehead atoms. The summed E-state index contributed by atoms with van der Waals surface area (Å²) in [5.41, 5.74) is 7.61. The highest BCUT2D eigenvalue weighted by Crippen LogP contribution is 2.38. The molecule has 3 fully saturated rings. The Balaban J connectivity index is 1.83. The van der Waals surface area contributed by atoms with Gasteiger partial charge in [-0.2, -0.15) is 4.99 Å². The number of hydrogen-bond donors (Lipinski definition) is 1. The van der Waals surface area contributed by atoms with Crippen LogP contribution in [0.15, 0.2) is 46.4 Å². The molecule has 1 N–H and O–H groups in total. The lowest BCUT2D eigenvalue weighted by molar-refractivity contribution is 0.120. The van der Waals surface area contributed by atoms with Crippen LogP contribution in [0.2, 0.25) is 0 Å². The van der Waals surface area contributed by atoms with Crippen molar-refractivity contribution in [2.45, 2.75) is 220 Å². The summed E-state index contributed by atoms with van der Waals surface area (Å²) in [7, 11) is 0. The summed E-state index contributed by atoms with van der Waals surface area (Å²) in [6.45, 7) is 22.0. The lowest BCUT2D eigenvalue weighted by atomic mass is 9.88. The van der Waals surface area contributed by atoms with Gasteiger partial charge in [0.25, 0.3) is 0 Å². The molecule has 0 heterocycles. The zero-order valence-corrected chi connectivity index (χ0v) is 36.2. The van der Waals surface area contributed by atoms with Crippen molar-refractivity contribution in [3.8, 4) is 0 Å². The van der Waals surface area contributed by atoms with E-state index in [1.807, 2.05) is 0 Å². The van der Waals surface area contributed by atoms with E-state index in [2.05, 4.69) is 114 Å². The highest BCUT2D eigenvalue weighted by Gasteiger charge is 2.37. The molecule has 3 aliphatic carbocycles. The molecule has 5 nitrogen and oxygen atoms in total. The first-order chi connectivity index (χ1) is 26.1. The highest BCUT2D eigenvalue weighted by atomic mass is 15.4. The Bertz CT molecular complexity index is 1410. The maximum Gasteiger partial charge on any atom is 0.231 e. The SMILES string of the molecule is CCCCCN(/C(=N\C(=N/c1c(C(C)C)cccc1C(C)C)Nc1c(C(C)C)cccc1C(C)C)N(C1CCCCC1)C1CCCCC1)C1CCCCC1. The molecule has 0 amide bonds. The number of hydrogen-bond acceptors (Lipinski definition) is 1. The number of nitrogens with zero attached hydrogens (tertiary/aromatic N) is 4. The van der Waals surface area contributed by atoms with Crippen molar-refractivity contribution in [3.63, 3.8) is 0 Å². The first-order valence-electron chi connectivity index (χ1n) is 22.9. The Morgan fingerprint density at radius 2 is 1.02 bits per heavy atom. The molecule has 0 radical (unpaired) electrons. The fraction of sp³-hybridized carbons (Fsp3) is 0.714. The molecule has 300 valence electrons. The van der Waals surface area contributed by atoms with Gasteiger partial charge in [0.15, 0.2) is 0 Å². The first kappa shape index (κ1) is 42.3. The van der Waals surface area contributed by atoms with E-state index in [-0.39, 0.29) is 0 Å². The van der Waals surface area contributed by atoms with Crippen molar-refractivity contribution < 1.29 is 0 Å². The summed E-state index contributed by atoms with van der Waals surface area (Å²) in [6.07, 6.45) is 23.5. The van der Waals surface area contributed by atoms with Crippen molar-refractivity contribution in [3.05, 3.63) is 58.7 Å². The third kappa shape index (κ3) is 10.9. The van der Waals surface area contributed by atoms with E-state index in [9.17, 15) is 0 Å². The van der Waals surface area contributed by atoms with Gasteiger partial charge >= 0.3 is 0 Å². The monoisotopic (exact) mass is 738 g/mol. The molecule has 3 saturated carbocycles. The topological polar surface area (TPSA) is 43.2 Å². The van der Waals surface area contributed by atoms with E-state index in [0.29, 0.717) is 41.8 Å². The van der Waals surface area contributed by atoms with Crippen LogP contribution in [-0.2, 0) is 0 Å². The second-order valence-electron chi connectivity index (χ2n) is 18.4. The molecule has 2 aromatic rings. The molecule has 0 saturated heterocycles. The van der Waals surface area contributed by atoms with Crippen LogP contribution in [0.5, 0.6) is 0 Å². The maximum atomic E-state index is 6.08. The van der Waals surface area contributed by atoms with Gasteiger partial charge in [0, 0.05) is 30.4 Å². The molecule has 0 atom stereocenters. The predicted molar refractivity (Wildman–Crippen MR) is 236 cm³/mol. The summed E-state index contributed by atoms with van der Waals surface area (Å²) >= 11 is 0. The van der Waals surface area contributed by atoms with Gasteiger partial charge in [0.2, 0.25) is 11.9 Å². The molecule has 3 aliphatic rings. The number of benzene rings is 2. The van der Waals surface area contributed by atoms with E-state index in [1.54, 1.807) is 0 Å². The van der Waals surface area contributed by atoms with E-state index >= 15 is 0 Å². The molecular weight excluding hydrogens is 659 g/mol. The van der Waals surface area contributed by atoms with Crippen LogP contribution in [0, 0.1) is 0 Å². The zero-order valence-electron chi connectivity index (χ0n) is 36.2. The predicted octanol–water partition coefficient (Wildman–Crippen LogP) is 14.4. The Kier molecular flexibility index (Phi) is 16.4. The van der Waals surface area contributed by atoms with Crippen molar-refractivity contribution in [1.29, 1.82) is 0 Å². The minimum Gasteiger partial charge on any atom is -0.339 e.